The Bertz CT molecular complexity index is 188. The fraction of sp³-hybridized carbons (Fsp3) is 0.909. The van der Waals surface area contributed by atoms with E-state index in [4.69, 9.17) is 9.84 Å². The second kappa shape index (κ2) is 9.57. The van der Waals surface area contributed by atoms with Crippen molar-refractivity contribution in [1.82, 2.24) is 10.6 Å². The maximum Gasteiger partial charge on any atom is 0.236 e. The highest BCUT2D eigenvalue weighted by Gasteiger charge is 2.13. The maximum atomic E-state index is 11.6. The number of amides is 1. The summed E-state index contributed by atoms with van der Waals surface area (Å²) in [5, 5.41) is 14.7. The molecule has 2 unspecified atom stereocenters. The Balaban J connectivity index is 3.64. The van der Waals surface area contributed by atoms with Crippen LogP contribution in [0.5, 0.6) is 0 Å². The Morgan fingerprint density at radius 3 is 2.69 bits per heavy atom. The Kier molecular flexibility index (Phi) is 9.18. The van der Waals surface area contributed by atoms with Gasteiger partial charge in [0.15, 0.2) is 0 Å². The van der Waals surface area contributed by atoms with Gasteiger partial charge >= 0.3 is 0 Å². The zero-order valence-corrected chi connectivity index (χ0v) is 10.5. The van der Waals surface area contributed by atoms with Gasteiger partial charge in [-0.05, 0) is 26.7 Å². The van der Waals surface area contributed by atoms with Gasteiger partial charge in [-0.15, -0.1) is 0 Å². The number of rotatable bonds is 9. The van der Waals surface area contributed by atoms with E-state index in [0.29, 0.717) is 19.6 Å². The molecular weight excluding hydrogens is 208 g/mol. The van der Waals surface area contributed by atoms with Gasteiger partial charge in [0, 0.05) is 32.9 Å². The number of aliphatic hydroxyl groups excluding tert-OH is 1. The number of methoxy groups -OCH3 is 1. The van der Waals surface area contributed by atoms with Crippen molar-refractivity contribution >= 4 is 5.91 Å². The number of aliphatic hydroxyl groups is 1. The van der Waals surface area contributed by atoms with Crippen molar-refractivity contribution in [1.29, 1.82) is 0 Å². The minimum Gasteiger partial charge on any atom is -0.396 e. The van der Waals surface area contributed by atoms with Gasteiger partial charge < -0.3 is 20.5 Å². The van der Waals surface area contributed by atoms with Gasteiger partial charge in [-0.25, -0.2) is 0 Å². The molecule has 1 amide bonds. The van der Waals surface area contributed by atoms with Gasteiger partial charge in [0.2, 0.25) is 5.91 Å². The Hall–Kier alpha value is -0.650. The van der Waals surface area contributed by atoms with E-state index in [2.05, 4.69) is 10.6 Å². The van der Waals surface area contributed by atoms with Crippen molar-refractivity contribution in [3.05, 3.63) is 0 Å². The lowest BCUT2D eigenvalue weighted by atomic mass is 10.2. The molecule has 0 aliphatic carbocycles. The summed E-state index contributed by atoms with van der Waals surface area (Å²) in [5.41, 5.74) is 0. The van der Waals surface area contributed by atoms with Crippen LogP contribution in [-0.2, 0) is 9.53 Å². The predicted molar refractivity (Wildman–Crippen MR) is 63.3 cm³/mol. The van der Waals surface area contributed by atoms with Crippen LogP contribution >= 0.6 is 0 Å². The molecule has 5 heteroatoms. The third kappa shape index (κ3) is 7.62. The topological polar surface area (TPSA) is 70.6 Å². The third-order valence-electron chi connectivity index (χ3n) is 2.31. The largest absolute Gasteiger partial charge is 0.396 e. The molecule has 0 aliphatic rings. The lowest BCUT2D eigenvalue weighted by Crippen LogP contribution is -2.46. The molecule has 0 aromatic heterocycles. The van der Waals surface area contributed by atoms with Crippen molar-refractivity contribution in [2.24, 2.45) is 0 Å². The minimum atomic E-state index is -0.232. The Labute approximate surface area is 97.6 Å². The summed E-state index contributed by atoms with van der Waals surface area (Å²) < 4.78 is 4.89. The molecule has 3 N–H and O–H groups in total. The molecule has 0 saturated heterocycles. The smallest absolute Gasteiger partial charge is 0.236 e. The summed E-state index contributed by atoms with van der Waals surface area (Å²) in [6.45, 7) is 5.19. The number of ether oxygens (including phenoxy) is 1. The van der Waals surface area contributed by atoms with Crippen molar-refractivity contribution in [2.75, 3.05) is 26.9 Å². The van der Waals surface area contributed by atoms with E-state index in [1.165, 1.54) is 0 Å². The van der Waals surface area contributed by atoms with Crippen LogP contribution in [0.3, 0.4) is 0 Å². The van der Waals surface area contributed by atoms with E-state index < -0.39 is 0 Å². The number of nitrogens with one attached hydrogen (secondary N) is 2. The summed E-state index contributed by atoms with van der Waals surface area (Å²) in [5.74, 6) is -0.0131. The summed E-state index contributed by atoms with van der Waals surface area (Å²) in [4.78, 5) is 11.6. The van der Waals surface area contributed by atoms with Crippen LogP contribution in [0.15, 0.2) is 0 Å². The van der Waals surface area contributed by atoms with Gasteiger partial charge in [-0.2, -0.15) is 0 Å². The minimum absolute atomic E-state index is 0.0131. The molecule has 0 saturated carbocycles. The first kappa shape index (κ1) is 15.3. The summed E-state index contributed by atoms with van der Waals surface area (Å²) >= 11 is 0. The molecule has 16 heavy (non-hydrogen) atoms. The first-order chi connectivity index (χ1) is 7.61. The van der Waals surface area contributed by atoms with Crippen LogP contribution in [0, 0.1) is 0 Å². The highest BCUT2D eigenvalue weighted by Crippen LogP contribution is 1.92. The van der Waals surface area contributed by atoms with Crippen LogP contribution in [0.4, 0.5) is 0 Å². The number of hydrogen-bond donors (Lipinski definition) is 3. The van der Waals surface area contributed by atoms with E-state index in [1.807, 2.05) is 13.8 Å². The van der Waals surface area contributed by atoms with Gasteiger partial charge in [-0.1, -0.05) is 0 Å². The average molecular weight is 232 g/mol. The number of hydrogen-bond acceptors (Lipinski definition) is 4. The molecule has 0 rings (SSSR count). The molecule has 96 valence electrons. The molecule has 0 fully saturated rings. The van der Waals surface area contributed by atoms with E-state index in [9.17, 15) is 4.79 Å². The molecule has 5 nitrogen and oxygen atoms in total. The van der Waals surface area contributed by atoms with E-state index in [0.717, 1.165) is 6.42 Å². The number of carbonyl (C=O) groups is 1. The number of carbonyl (C=O) groups excluding carboxylic acids is 1. The van der Waals surface area contributed by atoms with Crippen LogP contribution in [0.1, 0.15) is 26.7 Å². The second-order valence-electron chi connectivity index (χ2n) is 3.94. The lowest BCUT2D eigenvalue weighted by Gasteiger charge is -2.18. The molecule has 2 atom stereocenters. The summed E-state index contributed by atoms with van der Waals surface area (Å²) in [6, 6.07) is -0.0891. The van der Waals surface area contributed by atoms with Crippen LogP contribution in [0.25, 0.3) is 0 Å². The molecule has 0 radical (unpaired) electrons. The zero-order valence-electron chi connectivity index (χ0n) is 10.5. The maximum absolute atomic E-state index is 11.6. The highest BCUT2D eigenvalue weighted by molar-refractivity contribution is 5.81. The fourth-order valence-electron chi connectivity index (χ4n) is 1.36. The van der Waals surface area contributed by atoms with E-state index >= 15 is 0 Å². The second-order valence-corrected chi connectivity index (χ2v) is 3.94. The van der Waals surface area contributed by atoms with Crippen LogP contribution < -0.4 is 10.6 Å². The predicted octanol–water partition coefficient (Wildman–Crippen LogP) is -0.112. The molecule has 0 bridgehead atoms. The quantitative estimate of drug-likeness (QED) is 0.485. The molecule has 0 spiro atoms. The molecule has 0 aliphatic heterocycles. The zero-order chi connectivity index (χ0) is 12.4. The van der Waals surface area contributed by atoms with Crippen molar-refractivity contribution in [3.63, 3.8) is 0 Å². The SMILES string of the molecule is COCCCNC(=O)C(C)NC(C)CCO. The van der Waals surface area contributed by atoms with Gasteiger partial charge in [-0.3, -0.25) is 4.79 Å². The standard InChI is InChI=1S/C11H24N2O3/c1-9(5-7-14)13-10(2)11(15)12-6-4-8-16-3/h9-10,13-14H,4-8H2,1-3H3,(H,12,15). The monoisotopic (exact) mass is 232 g/mol. The van der Waals surface area contributed by atoms with Crippen molar-refractivity contribution < 1.29 is 14.6 Å². The Morgan fingerprint density at radius 2 is 2.12 bits per heavy atom. The molecule has 0 aromatic rings. The van der Waals surface area contributed by atoms with Crippen molar-refractivity contribution in [2.45, 2.75) is 38.8 Å². The summed E-state index contributed by atoms with van der Waals surface area (Å²) in [7, 11) is 1.64. The van der Waals surface area contributed by atoms with Crippen molar-refractivity contribution in [3.8, 4) is 0 Å². The lowest BCUT2D eigenvalue weighted by molar-refractivity contribution is -0.123. The Morgan fingerprint density at radius 1 is 1.44 bits per heavy atom. The molecular formula is C11H24N2O3. The fourth-order valence-corrected chi connectivity index (χ4v) is 1.36. The third-order valence-corrected chi connectivity index (χ3v) is 2.31. The normalized spacial score (nSPS) is 14.5. The van der Waals surface area contributed by atoms with Gasteiger partial charge in [0.25, 0.3) is 0 Å². The van der Waals surface area contributed by atoms with Gasteiger partial charge in [0.1, 0.15) is 0 Å². The van der Waals surface area contributed by atoms with E-state index in [-0.39, 0.29) is 24.6 Å². The summed E-state index contributed by atoms with van der Waals surface area (Å²) in [6.07, 6.45) is 1.47. The highest BCUT2D eigenvalue weighted by atomic mass is 16.5. The first-order valence-electron chi connectivity index (χ1n) is 5.75. The van der Waals surface area contributed by atoms with Gasteiger partial charge in [0.05, 0.1) is 6.04 Å². The first-order valence-corrected chi connectivity index (χ1v) is 5.75. The molecule has 0 heterocycles. The van der Waals surface area contributed by atoms with Crippen LogP contribution in [0.2, 0.25) is 0 Å². The van der Waals surface area contributed by atoms with E-state index in [1.54, 1.807) is 7.11 Å². The average Bonchev–Trinajstić information content (AvgIpc) is 2.24. The van der Waals surface area contributed by atoms with Crippen LogP contribution in [-0.4, -0.2) is 50.0 Å². The molecule has 0 aromatic carbocycles.